The number of aryl methyl sites for hydroxylation is 1. The van der Waals surface area contributed by atoms with E-state index in [1.807, 2.05) is 18.7 Å². The smallest absolute Gasteiger partial charge is 0.318 e. The summed E-state index contributed by atoms with van der Waals surface area (Å²) >= 11 is 1.58. The number of carbonyl (C=O) groups excluding carboxylic acids is 2. The van der Waals surface area contributed by atoms with Gasteiger partial charge in [0, 0.05) is 30.7 Å². The number of hydrogen-bond donors (Lipinski definition) is 1. The summed E-state index contributed by atoms with van der Waals surface area (Å²) in [5.41, 5.74) is 0. The topological polar surface area (TPSA) is 65.5 Å². The Morgan fingerprint density at radius 2 is 2.27 bits per heavy atom. The van der Waals surface area contributed by atoms with Crippen LogP contribution < -0.4 is 5.32 Å². The Morgan fingerprint density at radius 1 is 1.50 bits per heavy atom. The van der Waals surface area contributed by atoms with Crippen LogP contribution in [0.3, 0.4) is 0 Å². The molecule has 0 aromatic carbocycles. The van der Waals surface area contributed by atoms with E-state index in [9.17, 15) is 9.59 Å². The number of amides is 3. The number of nitrogens with zero attached hydrogens (tertiary/aromatic N) is 3. The monoisotopic (exact) mass is 324 g/mol. The Labute approximate surface area is 135 Å². The Balaban J connectivity index is 1.93. The van der Waals surface area contributed by atoms with Crippen LogP contribution in [0.15, 0.2) is 6.20 Å². The molecule has 0 bridgehead atoms. The predicted molar refractivity (Wildman–Crippen MR) is 86.9 cm³/mol. The highest BCUT2D eigenvalue weighted by Gasteiger charge is 2.25. The summed E-state index contributed by atoms with van der Waals surface area (Å²) in [7, 11) is 0. The van der Waals surface area contributed by atoms with Gasteiger partial charge in [0.2, 0.25) is 5.91 Å². The van der Waals surface area contributed by atoms with Gasteiger partial charge in [-0.3, -0.25) is 4.79 Å². The first-order valence-corrected chi connectivity index (χ1v) is 8.58. The van der Waals surface area contributed by atoms with Crippen LogP contribution in [0.2, 0.25) is 0 Å². The maximum Gasteiger partial charge on any atom is 0.318 e. The van der Waals surface area contributed by atoms with E-state index in [4.69, 9.17) is 0 Å². The lowest BCUT2D eigenvalue weighted by molar-refractivity contribution is -0.130. The van der Waals surface area contributed by atoms with Crippen LogP contribution in [-0.2, 0) is 4.79 Å². The molecule has 1 atom stereocenters. The zero-order valence-electron chi connectivity index (χ0n) is 13.5. The van der Waals surface area contributed by atoms with Gasteiger partial charge >= 0.3 is 6.03 Å². The van der Waals surface area contributed by atoms with Gasteiger partial charge < -0.3 is 15.1 Å². The van der Waals surface area contributed by atoms with Crippen molar-refractivity contribution in [2.24, 2.45) is 0 Å². The fourth-order valence-electron chi connectivity index (χ4n) is 2.51. The van der Waals surface area contributed by atoms with Gasteiger partial charge in [-0.1, -0.05) is 6.92 Å². The van der Waals surface area contributed by atoms with Crippen LogP contribution in [0.1, 0.15) is 42.6 Å². The van der Waals surface area contributed by atoms with E-state index in [0.717, 1.165) is 35.8 Å². The number of urea groups is 1. The van der Waals surface area contributed by atoms with E-state index >= 15 is 0 Å². The Hall–Kier alpha value is -1.63. The highest BCUT2D eigenvalue weighted by atomic mass is 32.1. The summed E-state index contributed by atoms with van der Waals surface area (Å²) in [6, 6.07) is -0.330. The molecule has 0 saturated carbocycles. The van der Waals surface area contributed by atoms with E-state index in [0.29, 0.717) is 6.54 Å². The molecule has 1 N–H and O–H groups in total. The molecule has 0 unspecified atom stereocenters. The van der Waals surface area contributed by atoms with E-state index in [1.54, 1.807) is 22.4 Å². The molecule has 6 nitrogen and oxygen atoms in total. The largest absolute Gasteiger partial charge is 0.341 e. The Morgan fingerprint density at radius 3 is 2.91 bits per heavy atom. The fraction of sp³-hybridized carbons (Fsp3) is 0.667. The number of carbonyl (C=O) groups is 2. The molecular formula is C15H24N4O2S. The van der Waals surface area contributed by atoms with Crippen molar-refractivity contribution in [1.82, 2.24) is 20.1 Å². The first-order valence-electron chi connectivity index (χ1n) is 7.76. The molecule has 3 amide bonds. The van der Waals surface area contributed by atoms with E-state index < -0.39 is 0 Å². The summed E-state index contributed by atoms with van der Waals surface area (Å²) < 4.78 is 0. The lowest BCUT2D eigenvalue weighted by atomic mass is 10.3. The zero-order chi connectivity index (χ0) is 16.1. The molecule has 1 fully saturated rings. The second kappa shape index (κ2) is 7.58. The first-order chi connectivity index (χ1) is 10.5. The molecule has 2 rings (SSSR count). The SMILES string of the molecule is CCCN1CCCN(C(=O)N[C@H](C)c2ncc(C)s2)CC1=O. The third-order valence-electron chi connectivity index (χ3n) is 3.67. The van der Waals surface area contributed by atoms with Crippen LogP contribution in [-0.4, -0.2) is 52.9 Å². The molecule has 1 aliphatic rings. The normalized spacial score (nSPS) is 17.3. The van der Waals surface area contributed by atoms with Gasteiger partial charge in [-0.25, -0.2) is 9.78 Å². The van der Waals surface area contributed by atoms with Crippen molar-refractivity contribution < 1.29 is 9.59 Å². The van der Waals surface area contributed by atoms with Crippen LogP contribution in [0.5, 0.6) is 0 Å². The second-order valence-electron chi connectivity index (χ2n) is 5.64. The number of hydrogen-bond acceptors (Lipinski definition) is 4. The molecular weight excluding hydrogens is 300 g/mol. The fourth-order valence-corrected chi connectivity index (χ4v) is 3.29. The molecule has 1 aliphatic heterocycles. The average Bonchev–Trinajstić information content (AvgIpc) is 2.82. The van der Waals surface area contributed by atoms with Crippen LogP contribution in [0.4, 0.5) is 4.79 Å². The number of nitrogens with one attached hydrogen (secondary N) is 1. The first kappa shape index (κ1) is 16.7. The molecule has 0 aliphatic carbocycles. The molecule has 1 aromatic heterocycles. The minimum Gasteiger partial charge on any atom is -0.341 e. The van der Waals surface area contributed by atoms with Crippen molar-refractivity contribution in [1.29, 1.82) is 0 Å². The van der Waals surface area contributed by atoms with Crippen molar-refractivity contribution in [3.8, 4) is 0 Å². The van der Waals surface area contributed by atoms with Crippen molar-refractivity contribution in [3.05, 3.63) is 16.1 Å². The Kier molecular flexibility index (Phi) is 5.76. The molecule has 0 spiro atoms. The molecule has 122 valence electrons. The maximum atomic E-state index is 12.4. The van der Waals surface area contributed by atoms with Gasteiger partial charge in [0.1, 0.15) is 11.6 Å². The molecule has 2 heterocycles. The molecule has 0 radical (unpaired) electrons. The van der Waals surface area contributed by atoms with Gasteiger partial charge in [-0.15, -0.1) is 11.3 Å². The van der Waals surface area contributed by atoms with E-state index in [-0.39, 0.29) is 24.5 Å². The minimum absolute atomic E-state index is 0.0345. The highest BCUT2D eigenvalue weighted by molar-refractivity contribution is 7.11. The maximum absolute atomic E-state index is 12.4. The summed E-state index contributed by atoms with van der Waals surface area (Å²) in [5, 5.41) is 3.83. The van der Waals surface area contributed by atoms with Gasteiger partial charge in [0.05, 0.1) is 6.04 Å². The minimum atomic E-state index is -0.188. The molecule has 22 heavy (non-hydrogen) atoms. The Bertz CT molecular complexity index is 531. The van der Waals surface area contributed by atoms with Crippen molar-refractivity contribution >= 4 is 23.3 Å². The number of aromatic nitrogens is 1. The molecule has 1 saturated heterocycles. The zero-order valence-corrected chi connectivity index (χ0v) is 14.3. The molecule has 1 aromatic rings. The van der Waals surface area contributed by atoms with Gasteiger partial charge in [-0.2, -0.15) is 0 Å². The second-order valence-corrected chi connectivity index (χ2v) is 6.90. The van der Waals surface area contributed by atoms with Gasteiger partial charge in [0.15, 0.2) is 0 Å². The average molecular weight is 324 g/mol. The summed E-state index contributed by atoms with van der Waals surface area (Å²) in [6.07, 6.45) is 3.57. The van der Waals surface area contributed by atoms with Crippen LogP contribution in [0.25, 0.3) is 0 Å². The van der Waals surface area contributed by atoms with Gasteiger partial charge in [-0.05, 0) is 26.7 Å². The highest BCUT2D eigenvalue weighted by Crippen LogP contribution is 2.19. The third-order valence-corrected chi connectivity index (χ3v) is 4.76. The van der Waals surface area contributed by atoms with Crippen LogP contribution >= 0.6 is 11.3 Å². The van der Waals surface area contributed by atoms with Crippen LogP contribution in [0, 0.1) is 6.92 Å². The third kappa shape index (κ3) is 4.19. The lowest BCUT2D eigenvalue weighted by Gasteiger charge is -2.23. The van der Waals surface area contributed by atoms with E-state index in [1.165, 1.54) is 0 Å². The summed E-state index contributed by atoms with van der Waals surface area (Å²) in [6.45, 7) is 8.24. The van der Waals surface area contributed by atoms with Gasteiger partial charge in [0.25, 0.3) is 0 Å². The summed E-state index contributed by atoms with van der Waals surface area (Å²) in [5.74, 6) is 0.0345. The van der Waals surface area contributed by atoms with Crippen molar-refractivity contribution in [2.75, 3.05) is 26.2 Å². The number of thiazole rings is 1. The quantitative estimate of drug-likeness (QED) is 0.923. The molecule has 7 heteroatoms. The number of rotatable bonds is 4. The predicted octanol–water partition coefficient (Wildman–Crippen LogP) is 2.17. The summed E-state index contributed by atoms with van der Waals surface area (Å²) in [4.78, 5) is 33.4. The van der Waals surface area contributed by atoms with Crippen molar-refractivity contribution in [2.45, 2.75) is 39.7 Å². The standard InChI is InChI=1S/C15H24N4O2S/c1-4-6-18-7-5-8-19(10-13(18)20)15(21)17-12(3)14-16-9-11(2)22-14/h9,12H,4-8,10H2,1-3H3,(H,17,21)/t12-/m1/s1. The van der Waals surface area contributed by atoms with E-state index in [2.05, 4.69) is 17.2 Å². The van der Waals surface area contributed by atoms with Crippen molar-refractivity contribution in [3.63, 3.8) is 0 Å². The lowest BCUT2D eigenvalue weighted by Crippen LogP contribution is -2.45.